The first-order chi connectivity index (χ1) is 16.1. The second-order valence-corrected chi connectivity index (χ2v) is 8.90. The summed E-state index contributed by atoms with van der Waals surface area (Å²) < 4.78 is 11.6. The summed E-state index contributed by atoms with van der Waals surface area (Å²) in [4.78, 5) is 2.20. The van der Waals surface area contributed by atoms with Crippen LogP contribution in [0.4, 0.5) is 0 Å². The summed E-state index contributed by atoms with van der Waals surface area (Å²) in [5, 5.41) is 21.4. The van der Waals surface area contributed by atoms with E-state index in [1.807, 2.05) is 72.8 Å². The molecule has 0 amide bonds. The molecule has 5 heteroatoms. The number of hydrogen-bond acceptors (Lipinski definition) is 5. The fourth-order valence-electron chi connectivity index (χ4n) is 4.22. The minimum absolute atomic E-state index is 0.231. The monoisotopic (exact) mass is 447 g/mol. The number of aliphatic hydroxyl groups is 2. The molecule has 3 aromatic rings. The van der Waals surface area contributed by atoms with Crippen LogP contribution in [0.1, 0.15) is 24.0 Å². The highest BCUT2D eigenvalue weighted by Crippen LogP contribution is 2.26. The summed E-state index contributed by atoms with van der Waals surface area (Å²) in [6, 6.07) is 27.7. The van der Waals surface area contributed by atoms with Crippen LogP contribution in [0.25, 0.3) is 0 Å². The molecular weight excluding hydrogens is 414 g/mol. The predicted octanol–water partition coefficient (Wildman–Crippen LogP) is 4.07. The van der Waals surface area contributed by atoms with Crippen molar-refractivity contribution >= 4 is 0 Å². The second-order valence-electron chi connectivity index (χ2n) is 8.90. The molecule has 0 radical (unpaired) electrons. The Labute approximate surface area is 196 Å². The summed E-state index contributed by atoms with van der Waals surface area (Å²) in [5.74, 6) is 1.49. The lowest BCUT2D eigenvalue weighted by Crippen LogP contribution is -2.48. The van der Waals surface area contributed by atoms with Gasteiger partial charge in [0.25, 0.3) is 0 Å². The minimum atomic E-state index is -0.663. The van der Waals surface area contributed by atoms with E-state index in [9.17, 15) is 10.2 Å². The van der Waals surface area contributed by atoms with Crippen LogP contribution < -0.4 is 9.47 Å². The van der Waals surface area contributed by atoms with E-state index in [0.29, 0.717) is 38.2 Å². The van der Waals surface area contributed by atoms with Gasteiger partial charge in [-0.05, 0) is 48.2 Å². The van der Waals surface area contributed by atoms with Crippen molar-refractivity contribution in [3.63, 3.8) is 0 Å². The molecule has 1 fully saturated rings. The van der Waals surface area contributed by atoms with Gasteiger partial charge in [-0.3, -0.25) is 0 Å². The van der Waals surface area contributed by atoms with Gasteiger partial charge >= 0.3 is 0 Å². The molecule has 33 heavy (non-hydrogen) atoms. The quantitative estimate of drug-likeness (QED) is 0.491. The molecule has 0 aliphatic carbocycles. The number of likely N-dealkylation sites (tertiary alicyclic amines) is 1. The first-order valence-corrected chi connectivity index (χ1v) is 11.6. The molecule has 0 spiro atoms. The SMILES string of the molecule is OC(COc1ccc(OCc2ccccc2)cc1)CN1CCC(O)(Cc2ccccc2)CC1. The van der Waals surface area contributed by atoms with Gasteiger partial charge in [-0.25, -0.2) is 0 Å². The average Bonchev–Trinajstić information content (AvgIpc) is 2.85. The normalized spacial score (nSPS) is 16.8. The van der Waals surface area contributed by atoms with Gasteiger partial charge < -0.3 is 24.6 Å². The Bertz CT molecular complexity index is 954. The van der Waals surface area contributed by atoms with Gasteiger partial charge in [-0.2, -0.15) is 0 Å². The lowest BCUT2D eigenvalue weighted by Gasteiger charge is -2.39. The van der Waals surface area contributed by atoms with Crippen LogP contribution in [0, 0.1) is 0 Å². The van der Waals surface area contributed by atoms with Crippen LogP contribution in [-0.2, 0) is 13.0 Å². The Balaban J connectivity index is 1.16. The van der Waals surface area contributed by atoms with Gasteiger partial charge in [0.2, 0.25) is 0 Å². The van der Waals surface area contributed by atoms with Crippen LogP contribution in [0.3, 0.4) is 0 Å². The van der Waals surface area contributed by atoms with Crippen LogP contribution in [-0.4, -0.2) is 53.1 Å². The highest BCUT2D eigenvalue weighted by molar-refractivity contribution is 5.31. The van der Waals surface area contributed by atoms with E-state index < -0.39 is 11.7 Å². The zero-order chi connectivity index (χ0) is 22.9. The molecule has 0 aromatic heterocycles. The number of hydrogen-bond donors (Lipinski definition) is 2. The van der Waals surface area contributed by atoms with E-state index in [0.717, 1.165) is 24.4 Å². The van der Waals surface area contributed by atoms with Crippen molar-refractivity contribution in [1.29, 1.82) is 0 Å². The van der Waals surface area contributed by atoms with Gasteiger partial charge in [0.1, 0.15) is 30.8 Å². The maximum Gasteiger partial charge on any atom is 0.120 e. The maximum atomic E-state index is 10.9. The van der Waals surface area contributed by atoms with E-state index >= 15 is 0 Å². The van der Waals surface area contributed by atoms with Crippen LogP contribution in [0.2, 0.25) is 0 Å². The molecule has 1 heterocycles. The molecule has 1 aliphatic heterocycles. The van der Waals surface area contributed by atoms with Crippen LogP contribution in [0.5, 0.6) is 11.5 Å². The standard InChI is InChI=1S/C28H33NO4/c30-25(20-29-17-15-28(31,16-18-29)19-23-7-3-1-4-8-23)22-33-27-13-11-26(12-14-27)32-21-24-9-5-2-6-10-24/h1-14,25,30-31H,15-22H2. The third-order valence-electron chi connectivity index (χ3n) is 6.15. The van der Waals surface area contributed by atoms with Crippen LogP contribution in [0.15, 0.2) is 84.9 Å². The molecule has 1 unspecified atom stereocenters. The molecule has 1 atom stereocenters. The molecule has 1 saturated heterocycles. The van der Waals surface area contributed by atoms with E-state index in [1.165, 1.54) is 5.56 Å². The lowest BCUT2D eigenvalue weighted by atomic mass is 9.85. The van der Waals surface area contributed by atoms with E-state index in [4.69, 9.17) is 9.47 Å². The van der Waals surface area contributed by atoms with Crippen molar-refractivity contribution in [2.45, 2.75) is 37.6 Å². The number of β-amino-alcohol motifs (C(OH)–C–C–N with tert-alkyl or cyclic N) is 1. The number of piperidine rings is 1. The third-order valence-corrected chi connectivity index (χ3v) is 6.15. The molecule has 5 nitrogen and oxygen atoms in total. The first kappa shape index (κ1) is 23.3. The Morgan fingerprint density at radius 2 is 1.30 bits per heavy atom. The molecule has 3 aromatic carbocycles. The third kappa shape index (κ3) is 7.32. The smallest absolute Gasteiger partial charge is 0.120 e. The number of rotatable bonds is 10. The van der Waals surface area contributed by atoms with Crippen molar-refractivity contribution in [3.8, 4) is 11.5 Å². The van der Waals surface area contributed by atoms with E-state index in [-0.39, 0.29) is 6.61 Å². The van der Waals surface area contributed by atoms with Gasteiger partial charge in [-0.15, -0.1) is 0 Å². The van der Waals surface area contributed by atoms with E-state index in [1.54, 1.807) is 0 Å². The molecule has 0 saturated carbocycles. The summed E-state index contributed by atoms with van der Waals surface area (Å²) in [7, 11) is 0. The Morgan fingerprint density at radius 1 is 0.758 bits per heavy atom. The summed E-state index contributed by atoms with van der Waals surface area (Å²) in [6.45, 7) is 2.84. The average molecular weight is 448 g/mol. The highest BCUT2D eigenvalue weighted by Gasteiger charge is 2.32. The molecule has 1 aliphatic rings. The van der Waals surface area contributed by atoms with Crippen LogP contribution >= 0.6 is 0 Å². The molecule has 174 valence electrons. The Morgan fingerprint density at radius 3 is 1.91 bits per heavy atom. The van der Waals surface area contributed by atoms with Gasteiger partial charge in [0.15, 0.2) is 0 Å². The molecule has 4 rings (SSSR count). The highest BCUT2D eigenvalue weighted by atomic mass is 16.5. The van der Waals surface area contributed by atoms with Crippen molar-refractivity contribution < 1.29 is 19.7 Å². The Kier molecular flexibility index (Phi) is 8.00. The van der Waals surface area contributed by atoms with Crippen molar-refractivity contribution in [3.05, 3.63) is 96.1 Å². The number of ether oxygens (including phenoxy) is 2. The van der Waals surface area contributed by atoms with Gasteiger partial charge in [-0.1, -0.05) is 60.7 Å². The zero-order valence-corrected chi connectivity index (χ0v) is 19.0. The van der Waals surface area contributed by atoms with Gasteiger partial charge in [0.05, 0.1) is 5.60 Å². The number of aliphatic hydroxyl groups excluding tert-OH is 1. The lowest BCUT2D eigenvalue weighted by molar-refractivity contribution is -0.0325. The fourth-order valence-corrected chi connectivity index (χ4v) is 4.22. The van der Waals surface area contributed by atoms with Crippen molar-refractivity contribution in [2.75, 3.05) is 26.2 Å². The van der Waals surface area contributed by atoms with Gasteiger partial charge in [0, 0.05) is 26.1 Å². The summed E-state index contributed by atoms with van der Waals surface area (Å²) >= 11 is 0. The second kappa shape index (κ2) is 11.3. The van der Waals surface area contributed by atoms with Crippen molar-refractivity contribution in [1.82, 2.24) is 4.90 Å². The number of benzene rings is 3. The zero-order valence-electron chi connectivity index (χ0n) is 19.0. The minimum Gasteiger partial charge on any atom is -0.491 e. The number of nitrogens with zero attached hydrogens (tertiary/aromatic N) is 1. The molecule has 2 N–H and O–H groups in total. The Hall–Kier alpha value is -2.86. The molecular formula is C28H33NO4. The largest absolute Gasteiger partial charge is 0.491 e. The summed E-state index contributed by atoms with van der Waals surface area (Å²) in [5.41, 5.74) is 1.62. The van der Waals surface area contributed by atoms with E-state index in [2.05, 4.69) is 17.0 Å². The topological polar surface area (TPSA) is 62.2 Å². The predicted molar refractivity (Wildman–Crippen MR) is 129 cm³/mol. The maximum absolute atomic E-state index is 10.9. The fraction of sp³-hybridized carbons (Fsp3) is 0.357. The van der Waals surface area contributed by atoms with Crippen molar-refractivity contribution in [2.24, 2.45) is 0 Å². The molecule has 0 bridgehead atoms. The summed E-state index contributed by atoms with van der Waals surface area (Å²) in [6.07, 6.45) is 1.51. The first-order valence-electron chi connectivity index (χ1n) is 11.6.